The highest BCUT2D eigenvalue weighted by molar-refractivity contribution is 5.33. The molecule has 0 radical (unpaired) electrons. The Morgan fingerprint density at radius 1 is 1.50 bits per heavy atom. The second kappa shape index (κ2) is 6.00. The quantitative estimate of drug-likeness (QED) is 0.856. The first-order valence-electron chi connectivity index (χ1n) is 6.65. The molecule has 5 nitrogen and oxygen atoms in total. The molecule has 0 bridgehead atoms. The number of rotatable bonds is 5. The van der Waals surface area contributed by atoms with Gasteiger partial charge in [0, 0.05) is 25.4 Å². The second-order valence-corrected chi connectivity index (χ2v) is 4.73. The fourth-order valence-corrected chi connectivity index (χ4v) is 2.68. The third kappa shape index (κ3) is 2.72. The van der Waals surface area contributed by atoms with Crippen LogP contribution in [0.15, 0.2) is 12.3 Å². The van der Waals surface area contributed by atoms with Crippen molar-refractivity contribution in [1.82, 2.24) is 9.97 Å². The molecule has 1 aliphatic rings. The normalized spacial score (nSPS) is 23.1. The van der Waals surface area contributed by atoms with Gasteiger partial charge in [0.15, 0.2) is 0 Å². The zero-order valence-corrected chi connectivity index (χ0v) is 11.2. The molecule has 5 heteroatoms. The standard InChI is InChI=1S/C13H22N4O/c1-3-18-12-7-8-15-13(16-12)17(2)11-6-4-5-10(11)9-14/h7-8,10-11H,3-6,9,14H2,1-2H3. The van der Waals surface area contributed by atoms with E-state index in [-0.39, 0.29) is 0 Å². The Labute approximate surface area is 108 Å². The number of hydrogen-bond donors (Lipinski definition) is 1. The van der Waals surface area contributed by atoms with Crippen molar-refractivity contribution in [2.24, 2.45) is 11.7 Å². The van der Waals surface area contributed by atoms with Gasteiger partial charge in [0.1, 0.15) is 0 Å². The zero-order chi connectivity index (χ0) is 13.0. The molecule has 2 atom stereocenters. The number of nitrogens with zero attached hydrogens (tertiary/aromatic N) is 3. The molecular weight excluding hydrogens is 228 g/mol. The van der Waals surface area contributed by atoms with Crippen LogP contribution >= 0.6 is 0 Å². The minimum atomic E-state index is 0.451. The Morgan fingerprint density at radius 3 is 3.06 bits per heavy atom. The first kappa shape index (κ1) is 13.1. The Kier molecular flexibility index (Phi) is 4.36. The van der Waals surface area contributed by atoms with Crippen molar-refractivity contribution in [3.05, 3.63) is 12.3 Å². The van der Waals surface area contributed by atoms with Crippen LogP contribution in [0.3, 0.4) is 0 Å². The lowest BCUT2D eigenvalue weighted by Crippen LogP contribution is -2.38. The SMILES string of the molecule is CCOc1ccnc(N(C)C2CCCC2CN)n1. The van der Waals surface area contributed by atoms with Crippen molar-refractivity contribution < 1.29 is 4.74 Å². The van der Waals surface area contributed by atoms with Crippen LogP contribution in [0.2, 0.25) is 0 Å². The van der Waals surface area contributed by atoms with Crippen molar-refractivity contribution in [1.29, 1.82) is 0 Å². The lowest BCUT2D eigenvalue weighted by atomic mass is 10.0. The monoisotopic (exact) mass is 250 g/mol. The van der Waals surface area contributed by atoms with Crippen LogP contribution in [0, 0.1) is 5.92 Å². The molecule has 0 saturated heterocycles. The van der Waals surface area contributed by atoms with Gasteiger partial charge in [-0.25, -0.2) is 4.98 Å². The van der Waals surface area contributed by atoms with Crippen LogP contribution in [0.5, 0.6) is 5.88 Å². The van der Waals surface area contributed by atoms with E-state index < -0.39 is 0 Å². The molecule has 0 spiro atoms. The summed E-state index contributed by atoms with van der Waals surface area (Å²) in [5.41, 5.74) is 5.83. The Hall–Kier alpha value is -1.36. The van der Waals surface area contributed by atoms with Crippen LogP contribution in [0.25, 0.3) is 0 Å². The number of aromatic nitrogens is 2. The molecule has 2 unspecified atom stereocenters. The summed E-state index contributed by atoms with van der Waals surface area (Å²) in [6, 6.07) is 2.24. The van der Waals surface area contributed by atoms with Crippen molar-refractivity contribution in [2.75, 3.05) is 25.1 Å². The Balaban J connectivity index is 2.12. The molecule has 1 aliphatic carbocycles. The van der Waals surface area contributed by atoms with Crippen molar-refractivity contribution in [3.8, 4) is 5.88 Å². The van der Waals surface area contributed by atoms with Gasteiger partial charge in [-0.2, -0.15) is 4.98 Å². The van der Waals surface area contributed by atoms with E-state index in [1.807, 2.05) is 14.0 Å². The van der Waals surface area contributed by atoms with Crippen LogP contribution in [0.4, 0.5) is 5.95 Å². The number of anilines is 1. The fourth-order valence-electron chi connectivity index (χ4n) is 2.68. The maximum atomic E-state index is 5.83. The van der Waals surface area contributed by atoms with Crippen LogP contribution in [-0.2, 0) is 0 Å². The highest BCUT2D eigenvalue weighted by atomic mass is 16.5. The van der Waals surface area contributed by atoms with Gasteiger partial charge in [0.2, 0.25) is 11.8 Å². The largest absolute Gasteiger partial charge is 0.478 e. The summed E-state index contributed by atoms with van der Waals surface area (Å²) in [4.78, 5) is 10.9. The van der Waals surface area contributed by atoms with E-state index in [4.69, 9.17) is 10.5 Å². The lowest BCUT2D eigenvalue weighted by molar-refractivity contribution is 0.325. The van der Waals surface area contributed by atoms with Gasteiger partial charge in [-0.1, -0.05) is 6.42 Å². The van der Waals surface area contributed by atoms with Gasteiger partial charge in [-0.05, 0) is 32.2 Å². The predicted octanol–water partition coefficient (Wildman–Crippen LogP) is 1.44. The van der Waals surface area contributed by atoms with Crippen LogP contribution < -0.4 is 15.4 Å². The molecule has 1 aromatic heterocycles. The van der Waals surface area contributed by atoms with Gasteiger partial charge in [0.25, 0.3) is 0 Å². The van der Waals surface area contributed by atoms with Gasteiger partial charge in [0.05, 0.1) is 6.61 Å². The summed E-state index contributed by atoms with van der Waals surface area (Å²) in [5, 5.41) is 0. The van der Waals surface area contributed by atoms with Gasteiger partial charge in [-0.15, -0.1) is 0 Å². The summed E-state index contributed by atoms with van der Waals surface area (Å²) < 4.78 is 5.41. The van der Waals surface area contributed by atoms with Gasteiger partial charge >= 0.3 is 0 Å². The summed E-state index contributed by atoms with van der Waals surface area (Å²) in [6.07, 6.45) is 5.36. The summed E-state index contributed by atoms with van der Waals surface area (Å²) >= 11 is 0. The van der Waals surface area contributed by atoms with Crippen LogP contribution in [0.1, 0.15) is 26.2 Å². The van der Waals surface area contributed by atoms with Crippen LogP contribution in [-0.4, -0.2) is 36.2 Å². The summed E-state index contributed by atoms with van der Waals surface area (Å²) in [5.74, 6) is 1.91. The first-order valence-corrected chi connectivity index (χ1v) is 6.65. The van der Waals surface area contributed by atoms with E-state index in [9.17, 15) is 0 Å². The van der Waals surface area contributed by atoms with Crippen molar-refractivity contribution in [3.63, 3.8) is 0 Å². The average Bonchev–Trinajstić information content (AvgIpc) is 2.87. The lowest BCUT2D eigenvalue weighted by Gasteiger charge is -2.29. The Morgan fingerprint density at radius 2 is 2.33 bits per heavy atom. The molecule has 1 saturated carbocycles. The summed E-state index contributed by atoms with van der Waals surface area (Å²) in [7, 11) is 2.05. The maximum Gasteiger partial charge on any atom is 0.228 e. The third-order valence-electron chi connectivity index (χ3n) is 3.64. The molecule has 0 amide bonds. The molecule has 18 heavy (non-hydrogen) atoms. The highest BCUT2D eigenvalue weighted by Crippen LogP contribution is 2.30. The fraction of sp³-hybridized carbons (Fsp3) is 0.692. The topological polar surface area (TPSA) is 64.3 Å². The predicted molar refractivity (Wildman–Crippen MR) is 71.8 cm³/mol. The number of ether oxygens (including phenoxy) is 1. The molecule has 100 valence electrons. The number of hydrogen-bond acceptors (Lipinski definition) is 5. The van der Waals surface area contributed by atoms with E-state index >= 15 is 0 Å². The van der Waals surface area contributed by atoms with Gasteiger partial charge < -0.3 is 15.4 Å². The van der Waals surface area contributed by atoms with E-state index in [1.165, 1.54) is 19.3 Å². The van der Waals surface area contributed by atoms with Crippen molar-refractivity contribution in [2.45, 2.75) is 32.2 Å². The minimum Gasteiger partial charge on any atom is -0.478 e. The molecule has 0 aromatic carbocycles. The Bertz CT molecular complexity index is 385. The van der Waals surface area contributed by atoms with E-state index in [0.717, 1.165) is 12.5 Å². The van der Waals surface area contributed by atoms with Crippen molar-refractivity contribution >= 4 is 5.95 Å². The minimum absolute atomic E-state index is 0.451. The van der Waals surface area contributed by atoms with E-state index in [2.05, 4.69) is 14.9 Å². The second-order valence-electron chi connectivity index (χ2n) is 4.73. The smallest absolute Gasteiger partial charge is 0.228 e. The maximum absolute atomic E-state index is 5.83. The highest BCUT2D eigenvalue weighted by Gasteiger charge is 2.30. The van der Waals surface area contributed by atoms with Gasteiger partial charge in [-0.3, -0.25) is 0 Å². The molecule has 1 fully saturated rings. The molecule has 1 heterocycles. The molecule has 1 aromatic rings. The van der Waals surface area contributed by atoms with E-state index in [0.29, 0.717) is 24.4 Å². The molecular formula is C13H22N4O. The zero-order valence-electron chi connectivity index (χ0n) is 11.2. The molecule has 2 N–H and O–H groups in total. The molecule has 0 aliphatic heterocycles. The third-order valence-corrected chi connectivity index (χ3v) is 3.64. The average molecular weight is 250 g/mol. The first-order chi connectivity index (χ1) is 8.76. The number of nitrogens with two attached hydrogens (primary N) is 1. The molecule has 2 rings (SSSR count). The summed E-state index contributed by atoms with van der Waals surface area (Å²) in [6.45, 7) is 3.31. The van der Waals surface area contributed by atoms with E-state index in [1.54, 1.807) is 12.3 Å².